The van der Waals surface area contributed by atoms with E-state index in [1.54, 1.807) is 17.7 Å². The number of carbonyl (C=O) groups is 2. The number of rotatable bonds is 8. The summed E-state index contributed by atoms with van der Waals surface area (Å²) in [4.78, 5) is 27.9. The molecule has 1 aliphatic heterocycles. The Morgan fingerprint density at radius 2 is 1.68 bits per heavy atom. The van der Waals surface area contributed by atoms with Crippen LogP contribution in [0, 0.1) is 17.1 Å². The molecule has 2 heterocycles. The number of nitrogens with zero attached hydrogens (tertiary/aromatic N) is 4. The highest BCUT2D eigenvalue weighted by atomic mass is 19.1. The van der Waals surface area contributed by atoms with Gasteiger partial charge in [0.05, 0.1) is 24.5 Å². The lowest BCUT2D eigenvalue weighted by Gasteiger charge is -2.27. The molecule has 1 aromatic heterocycles. The molecule has 0 N–H and O–H groups in total. The van der Waals surface area contributed by atoms with Gasteiger partial charge in [-0.2, -0.15) is 10.4 Å². The molecular weight excluding hydrogens is 519 g/mol. The summed E-state index contributed by atoms with van der Waals surface area (Å²) >= 11 is 0. The van der Waals surface area contributed by atoms with Crippen LogP contribution < -0.4 is 4.74 Å². The Hall–Kier alpha value is -5.29. The lowest BCUT2D eigenvalue weighted by Crippen LogP contribution is -2.42. The van der Waals surface area contributed by atoms with Crippen LogP contribution in [-0.4, -0.2) is 33.1 Å². The number of halogens is 1. The van der Waals surface area contributed by atoms with Crippen LogP contribution in [0.5, 0.6) is 5.75 Å². The maximum atomic E-state index is 13.7. The predicted octanol–water partition coefficient (Wildman–Crippen LogP) is 6.26. The summed E-state index contributed by atoms with van der Waals surface area (Å²) in [5.74, 6) is -0.906. The van der Waals surface area contributed by atoms with E-state index in [-0.39, 0.29) is 17.7 Å². The maximum Gasteiger partial charge on any atom is 0.271 e. The zero-order chi connectivity index (χ0) is 28.9. The summed E-state index contributed by atoms with van der Waals surface area (Å²) < 4.78 is 20.9. The number of hydrogen-bond donors (Lipinski definition) is 0. The van der Waals surface area contributed by atoms with Gasteiger partial charge in [0.1, 0.15) is 23.2 Å². The summed E-state index contributed by atoms with van der Waals surface area (Å²) in [6.45, 7) is 4.15. The van der Waals surface area contributed by atoms with Crippen molar-refractivity contribution in [3.8, 4) is 28.8 Å². The molecule has 7 nitrogen and oxygen atoms in total. The quantitative estimate of drug-likeness (QED) is 0.192. The van der Waals surface area contributed by atoms with Crippen molar-refractivity contribution in [1.82, 2.24) is 14.7 Å². The zero-order valence-corrected chi connectivity index (χ0v) is 22.7. The van der Waals surface area contributed by atoms with Gasteiger partial charge < -0.3 is 4.74 Å². The Labute approximate surface area is 237 Å². The fourth-order valence-electron chi connectivity index (χ4n) is 4.56. The first-order valence-electron chi connectivity index (χ1n) is 13.2. The first-order valence-corrected chi connectivity index (χ1v) is 13.2. The van der Waals surface area contributed by atoms with E-state index in [9.17, 15) is 19.2 Å². The number of para-hydroxylation sites is 1. The standard InChI is InChI=1S/C33H27FN4O3/c1-3-17-41-28-15-11-24(12-16-28)31-25(21-38(36-31)27-7-5-4-6-8-27)18-29-22(2)30(19-35)33(40)37(32(29)39)20-23-9-13-26(34)14-10-23/h4-16,18,21H,3,17,20H2,1-2H3/b29-18+. The second-order valence-electron chi connectivity index (χ2n) is 9.58. The van der Waals surface area contributed by atoms with Crippen LogP contribution in [0.15, 0.2) is 102 Å². The van der Waals surface area contributed by atoms with Crippen LogP contribution in [0.1, 0.15) is 31.4 Å². The third-order valence-corrected chi connectivity index (χ3v) is 6.74. The van der Waals surface area contributed by atoms with Crippen LogP contribution in [0.4, 0.5) is 4.39 Å². The number of imide groups is 1. The summed E-state index contributed by atoms with van der Waals surface area (Å²) in [6, 6.07) is 24.6. The molecule has 2 amide bonds. The van der Waals surface area contributed by atoms with E-state index in [2.05, 4.69) is 0 Å². The van der Waals surface area contributed by atoms with E-state index in [4.69, 9.17) is 9.84 Å². The highest BCUT2D eigenvalue weighted by Crippen LogP contribution is 2.32. The number of amides is 2. The molecule has 204 valence electrons. The zero-order valence-electron chi connectivity index (χ0n) is 22.7. The third kappa shape index (κ3) is 5.70. The summed E-state index contributed by atoms with van der Waals surface area (Å²) in [6.07, 6.45) is 4.38. The highest BCUT2D eigenvalue weighted by molar-refractivity contribution is 6.19. The molecule has 1 aliphatic rings. The Kier molecular flexibility index (Phi) is 7.88. The summed E-state index contributed by atoms with van der Waals surface area (Å²) in [5.41, 5.74) is 3.82. The van der Waals surface area contributed by atoms with Gasteiger partial charge in [0.25, 0.3) is 11.8 Å². The van der Waals surface area contributed by atoms with Gasteiger partial charge in [0.15, 0.2) is 0 Å². The number of ether oxygens (including phenoxy) is 1. The SMILES string of the molecule is CCCOc1ccc(-c2nn(-c3ccccc3)cc2/C=C2/C(=O)N(Cc3ccc(F)cc3)C(=O)C(C#N)=C2C)cc1. The number of hydrogen-bond acceptors (Lipinski definition) is 5. The molecule has 41 heavy (non-hydrogen) atoms. The monoisotopic (exact) mass is 546 g/mol. The van der Waals surface area contributed by atoms with Gasteiger partial charge in [-0.1, -0.05) is 37.3 Å². The highest BCUT2D eigenvalue weighted by Gasteiger charge is 2.35. The lowest BCUT2D eigenvalue weighted by molar-refractivity contribution is -0.141. The van der Waals surface area contributed by atoms with Gasteiger partial charge in [-0.15, -0.1) is 0 Å². The molecule has 0 saturated heterocycles. The van der Waals surface area contributed by atoms with Crippen LogP contribution in [-0.2, 0) is 16.1 Å². The van der Waals surface area contributed by atoms with E-state index in [1.807, 2.05) is 73.8 Å². The average Bonchev–Trinajstić information content (AvgIpc) is 3.42. The van der Waals surface area contributed by atoms with E-state index < -0.39 is 17.6 Å². The molecule has 3 aromatic carbocycles. The Balaban J connectivity index is 1.60. The molecule has 0 radical (unpaired) electrons. The molecule has 0 aliphatic carbocycles. The Bertz CT molecular complexity index is 1700. The second kappa shape index (κ2) is 11.8. The number of aromatic nitrogens is 2. The van der Waals surface area contributed by atoms with Crippen molar-refractivity contribution >= 4 is 17.9 Å². The van der Waals surface area contributed by atoms with E-state index in [0.29, 0.717) is 29.0 Å². The van der Waals surface area contributed by atoms with Crippen molar-refractivity contribution < 1.29 is 18.7 Å². The molecule has 4 aromatic rings. The molecule has 0 bridgehead atoms. The molecular formula is C33H27FN4O3. The van der Waals surface area contributed by atoms with E-state index in [1.165, 1.54) is 24.3 Å². The first-order chi connectivity index (χ1) is 19.9. The fraction of sp³-hybridized carbons (Fsp3) is 0.152. The van der Waals surface area contributed by atoms with Gasteiger partial charge in [-0.25, -0.2) is 9.07 Å². The average molecular weight is 547 g/mol. The maximum absolute atomic E-state index is 13.7. The lowest BCUT2D eigenvalue weighted by atomic mass is 9.93. The van der Waals surface area contributed by atoms with Crippen LogP contribution >= 0.6 is 0 Å². The van der Waals surface area contributed by atoms with Gasteiger partial charge in [-0.05, 0) is 79.1 Å². The third-order valence-electron chi connectivity index (χ3n) is 6.74. The molecule has 8 heteroatoms. The number of carbonyl (C=O) groups excluding carboxylic acids is 2. The van der Waals surface area contributed by atoms with Crippen LogP contribution in [0.25, 0.3) is 23.0 Å². The normalized spacial score (nSPS) is 14.5. The molecule has 0 saturated carbocycles. The van der Waals surface area contributed by atoms with Crippen molar-refractivity contribution in [3.63, 3.8) is 0 Å². The molecule has 0 spiro atoms. The van der Waals surface area contributed by atoms with Crippen molar-refractivity contribution in [2.75, 3.05) is 6.61 Å². The predicted molar refractivity (Wildman–Crippen MR) is 153 cm³/mol. The van der Waals surface area contributed by atoms with E-state index >= 15 is 0 Å². The summed E-state index contributed by atoms with van der Waals surface area (Å²) in [7, 11) is 0. The fourth-order valence-corrected chi connectivity index (χ4v) is 4.56. The van der Waals surface area contributed by atoms with Gasteiger partial charge in [0.2, 0.25) is 0 Å². The summed E-state index contributed by atoms with van der Waals surface area (Å²) in [5, 5.41) is 14.7. The molecule has 5 rings (SSSR count). The first kappa shape index (κ1) is 27.3. The topological polar surface area (TPSA) is 88.2 Å². The Morgan fingerprint density at radius 1 is 0.976 bits per heavy atom. The minimum atomic E-state index is -0.681. The Morgan fingerprint density at radius 3 is 2.34 bits per heavy atom. The molecule has 0 unspecified atom stereocenters. The van der Waals surface area contributed by atoms with Crippen molar-refractivity contribution in [3.05, 3.63) is 119 Å². The van der Waals surface area contributed by atoms with Crippen molar-refractivity contribution in [1.29, 1.82) is 5.26 Å². The van der Waals surface area contributed by atoms with E-state index in [0.717, 1.165) is 28.3 Å². The largest absolute Gasteiger partial charge is 0.494 e. The van der Waals surface area contributed by atoms with Crippen LogP contribution in [0.3, 0.4) is 0 Å². The molecule has 0 fully saturated rings. The smallest absolute Gasteiger partial charge is 0.271 e. The minimum absolute atomic E-state index is 0.0941. The van der Waals surface area contributed by atoms with Gasteiger partial charge in [0, 0.05) is 22.9 Å². The number of benzene rings is 3. The number of nitriles is 1. The minimum Gasteiger partial charge on any atom is -0.494 e. The van der Waals surface area contributed by atoms with Crippen molar-refractivity contribution in [2.24, 2.45) is 0 Å². The second-order valence-corrected chi connectivity index (χ2v) is 9.58. The van der Waals surface area contributed by atoms with Crippen LogP contribution in [0.2, 0.25) is 0 Å². The van der Waals surface area contributed by atoms with Gasteiger partial charge in [-0.3, -0.25) is 14.5 Å². The molecule has 0 atom stereocenters. The van der Waals surface area contributed by atoms with Gasteiger partial charge >= 0.3 is 0 Å². The van der Waals surface area contributed by atoms with Crippen molar-refractivity contribution in [2.45, 2.75) is 26.8 Å².